The molecule has 102 valence electrons. The highest BCUT2D eigenvalue weighted by molar-refractivity contribution is 7.94. The summed E-state index contributed by atoms with van der Waals surface area (Å²) in [6, 6.07) is 3.57. The Balaban J connectivity index is 2.45. The first kappa shape index (κ1) is 15.3. The summed E-state index contributed by atoms with van der Waals surface area (Å²) in [5.74, 6) is 1.01. The van der Waals surface area contributed by atoms with E-state index in [0.717, 1.165) is 11.4 Å². The van der Waals surface area contributed by atoms with E-state index >= 15 is 0 Å². The second-order valence-electron chi connectivity index (χ2n) is 3.62. The van der Waals surface area contributed by atoms with Gasteiger partial charge in [-0.3, -0.25) is 4.98 Å². The van der Waals surface area contributed by atoms with E-state index in [1.807, 2.05) is 12.1 Å². The van der Waals surface area contributed by atoms with Gasteiger partial charge in [0.05, 0.1) is 24.6 Å². The van der Waals surface area contributed by atoms with Gasteiger partial charge in [0.2, 0.25) is 0 Å². The van der Waals surface area contributed by atoms with E-state index in [4.69, 9.17) is 4.74 Å². The van der Waals surface area contributed by atoms with Crippen molar-refractivity contribution >= 4 is 12.1 Å². The SMILES string of the molecule is C=C/C=C\C(=C)NCc1cc(OCCSF)ccn1. The van der Waals surface area contributed by atoms with Crippen LogP contribution in [0, 0.1) is 0 Å². The van der Waals surface area contributed by atoms with E-state index in [2.05, 4.69) is 23.5 Å². The number of allylic oxidation sites excluding steroid dienone is 3. The Kier molecular flexibility index (Phi) is 7.43. The van der Waals surface area contributed by atoms with Crippen molar-refractivity contribution in [2.75, 3.05) is 12.4 Å². The van der Waals surface area contributed by atoms with Gasteiger partial charge in [-0.2, -0.15) is 3.89 Å². The zero-order valence-corrected chi connectivity index (χ0v) is 11.5. The molecule has 1 rings (SSSR count). The van der Waals surface area contributed by atoms with Crippen LogP contribution < -0.4 is 10.1 Å². The normalized spacial score (nSPS) is 10.4. The Labute approximate surface area is 117 Å². The summed E-state index contributed by atoms with van der Waals surface area (Å²) in [5.41, 5.74) is 1.61. The van der Waals surface area contributed by atoms with Gasteiger partial charge >= 0.3 is 0 Å². The zero-order valence-electron chi connectivity index (χ0n) is 10.6. The van der Waals surface area contributed by atoms with Gasteiger partial charge in [-0.1, -0.05) is 25.3 Å². The van der Waals surface area contributed by atoms with Gasteiger partial charge in [0.15, 0.2) is 0 Å². The van der Waals surface area contributed by atoms with Crippen molar-refractivity contribution in [3.8, 4) is 5.75 Å². The van der Waals surface area contributed by atoms with Crippen LogP contribution in [0.4, 0.5) is 3.89 Å². The van der Waals surface area contributed by atoms with Crippen LogP contribution in [-0.2, 0) is 6.54 Å². The van der Waals surface area contributed by atoms with Crippen LogP contribution in [0.15, 0.2) is 55.4 Å². The predicted molar refractivity (Wildman–Crippen MR) is 78.6 cm³/mol. The number of hydrogen-bond donors (Lipinski definition) is 1. The molecular weight excluding hydrogens is 263 g/mol. The molecule has 0 aliphatic rings. The molecule has 3 nitrogen and oxygen atoms in total. The quantitative estimate of drug-likeness (QED) is 0.555. The second-order valence-corrected chi connectivity index (χ2v) is 4.24. The van der Waals surface area contributed by atoms with Crippen LogP contribution in [-0.4, -0.2) is 17.3 Å². The van der Waals surface area contributed by atoms with Gasteiger partial charge < -0.3 is 10.1 Å². The van der Waals surface area contributed by atoms with E-state index in [1.165, 1.54) is 0 Å². The van der Waals surface area contributed by atoms with E-state index in [-0.39, 0.29) is 12.1 Å². The molecule has 1 aromatic rings. The number of aromatic nitrogens is 1. The fourth-order valence-corrected chi connectivity index (χ4v) is 1.43. The van der Waals surface area contributed by atoms with Crippen LogP contribution >= 0.6 is 12.1 Å². The minimum atomic E-state index is 0.267. The molecule has 0 saturated heterocycles. The summed E-state index contributed by atoms with van der Waals surface area (Å²) in [7, 11) is 0. The topological polar surface area (TPSA) is 34.1 Å². The van der Waals surface area contributed by atoms with E-state index in [1.54, 1.807) is 24.4 Å². The lowest BCUT2D eigenvalue weighted by Crippen LogP contribution is -2.11. The summed E-state index contributed by atoms with van der Waals surface area (Å²) in [6.45, 7) is 8.32. The standard InChI is InChI=1S/C14H17FN2OS/c1-3-4-5-12(2)17-11-13-10-14(6-7-16-13)18-8-9-19-15/h3-7,10,17H,1-2,8-9,11H2/b5-4-. The van der Waals surface area contributed by atoms with Crippen LogP contribution in [0.5, 0.6) is 5.75 Å². The summed E-state index contributed by atoms with van der Waals surface area (Å²) in [6.07, 6.45) is 6.97. The van der Waals surface area contributed by atoms with Gasteiger partial charge in [-0.25, -0.2) is 0 Å². The molecule has 0 fully saturated rings. The molecule has 1 N–H and O–H groups in total. The molecule has 0 bridgehead atoms. The lowest BCUT2D eigenvalue weighted by atomic mass is 10.3. The van der Waals surface area contributed by atoms with Crippen LogP contribution in [0.25, 0.3) is 0 Å². The third-order valence-corrected chi connectivity index (χ3v) is 2.47. The number of nitrogens with one attached hydrogen (secondary N) is 1. The van der Waals surface area contributed by atoms with Crippen molar-refractivity contribution < 1.29 is 8.62 Å². The first-order valence-corrected chi connectivity index (χ1v) is 6.68. The van der Waals surface area contributed by atoms with Crippen LogP contribution in [0.1, 0.15) is 5.69 Å². The second kappa shape index (κ2) is 9.22. The van der Waals surface area contributed by atoms with Gasteiger partial charge in [-0.05, 0) is 12.1 Å². The molecular formula is C14H17FN2OS. The third kappa shape index (κ3) is 6.67. The molecule has 0 radical (unpaired) electrons. The van der Waals surface area contributed by atoms with Gasteiger partial charge in [0.25, 0.3) is 0 Å². The molecule has 0 saturated carbocycles. The summed E-state index contributed by atoms with van der Waals surface area (Å²) in [5, 5.41) is 3.12. The maximum atomic E-state index is 11.9. The maximum Gasteiger partial charge on any atom is 0.122 e. The lowest BCUT2D eigenvalue weighted by molar-refractivity contribution is 0.342. The van der Waals surface area contributed by atoms with Crippen molar-refractivity contribution in [1.29, 1.82) is 0 Å². The molecule has 5 heteroatoms. The third-order valence-electron chi connectivity index (χ3n) is 2.15. The van der Waals surface area contributed by atoms with Crippen molar-refractivity contribution in [3.63, 3.8) is 0 Å². The van der Waals surface area contributed by atoms with Gasteiger partial charge in [0.1, 0.15) is 5.75 Å². The van der Waals surface area contributed by atoms with Crippen molar-refractivity contribution in [3.05, 3.63) is 61.1 Å². The maximum absolute atomic E-state index is 11.9. The van der Waals surface area contributed by atoms with Crippen LogP contribution in [0.2, 0.25) is 0 Å². The monoisotopic (exact) mass is 280 g/mol. The minimum Gasteiger partial charge on any atom is -0.493 e. The molecule has 0 spiro atoms. The zero-order chi connectivity index (χ0) is 13.9. The predicted octanol–water partition coefficient (Wildman–Crippen LogP) is 3.42. The first-order valence-electron chi connectivity index (χ1n) is 5.79. The van der Waals surface area contributed by atoms with Crippen molar-refractivity contribution in [2.24, 2.45) is 0 Å². The fraction of sp³-hybridized carbons (Fsp3) is 0.214. The number of halogens is 1. The number of rotatable bonds is 9. The average Bonchev–Trinajstić information content (AvgIpc) is 2.44. The number of hydrogen-bond acceptors (Lipinski definition) is 4. The molecule has 0 unspecified atom stereocenters. The molecule has 0 aliphatic carbocycles. The van der Waals surface area contributed by atoms with Gasteiger partial charge in [-0.15, -0.1) is 0 Å². The summed E-state index contributed by atoms with van der Waals surface area (Å²) >= 11 is 0.267. The van der Waals surface area contributed by atoms with E-state index in [9.17, 15) is 3.89 Å². The molecule has 0 amide bonds. The molecule has 0 atom stereocenters. The minimum absolute atomic E-state index is 0.267. The smallest absolute Gasteiger partial charge is 0.122 e. The van der Waals surface area contributed by atoms with Crippen molar-refractivity contribution in [2.45, 2.75) is 6.54 Å². The molecule has 19 heavy (non-hydrogen) atoms. The van der Waals surface area contributed by atoms with Gasteiger partial charge in [0, 0.05) is 30.1 Å². The Morgan fingerprint density at radius 1 is 1.58 bits per heavy atom. The summed E-state index contributed by atoms with van der Waals surface area (Å²) < 4.78 is 17.3. The molecule has 1 aromatic heterocycles. The highest BCUT2D eigenvalue weighted by Crippen LogP contribution is 2.12. The Morgan fingerprint density at radius 3 is 3.16 bits per heavy atom. The largest absolute Gasteiger partial charge is 0.493 e. The number of pyridine rings is 1. The summed E-state index contributed by atoms with van der Waals surface area (Å²) in [4.78, 5) is 4.21. The lowest BCUT2D eigenvalue weighted by Gasteiger charge is -2.08. The average molecular weight is 280 g/mol. The number of ether oxygens (including phenoxy) is 1. The fourth-order valence-electron chi connectivity index (χ4n) is 1.28. The molecule has 0 aromatic carbocycles. The van der Waals surface area contributed by atoms with E-state index < -0.39 is 0 Å². The van der Waals surface area contributed by atoms with E-state index in [0.29, 0.717) is 24.7 Å². The Morgan fingerprint density at radius 2 is 2.42 bits per heavy atom. The highest BCUT2D eigenvalue weighted by atomic mass is 32.2. The number of nitrogens with zero attached hydrogens (tertiary/aromatic N) is 1. The Hall–Kier alpha value is -1.75. The highest BCUT2D eigenvalue weighted by Gasteiger charge is 1.99. The molecule has 0 aliphatic heterocycles. The van der Waals surface area contributed by atoms with Crippen LogP contribution in [0.3, 0.4) is 0 Å². The van der Waals surface area contributed by atoms with Crippen molar-refractivity contribution in [1.82, 2.24) is 10.3 Å². The first-order chi connectivity index (χ1) is 9.26. The Bertz CT molecular complexity index is 449. The molecule has 1 heterocycles.